The number of aromatic nitrogens is 1. The van der Waals surface area contributed by atoms with Crippen LogP contribution in [0.25, 0.3) is 0 Å². The highest BCUT2D eigenvalue weighted by Gasteiger charge is 2.56. The third-order valence-corrected chi connectivity index (χ3v) is 9.55. The van der Waals surface area contributed by atoms with E-state index in [-0.39, 0.29) is 23.2 Å². The van der Waals surface area contributed by atoms with Gasteiger partial charge in [0.25, 0.3) is 0 Å². The number of carbonyl (C=O) groups is 3. The van der Waals surface area contributed by atoms with E-state index in [2.05, 4.69) is 0 Å². The Morgan fingerprint density at radius 3 is 2.38 bits per heavy atom. The lowest BCUT2D eigenvalue weighted by Crippen LogP contribution is -2.43. The summed E-state index contributed by atoms with van der Waals surface area (Å²) >= 11 is 2.19. The quantitative estimate of drug-likeness (QED) is 0.474. The standard InChI is InChI=1S/C26H22FN3O5S2/c27-16-6-8-17(9-7-16)30-23(32)20-19(15-4-2-1-3-5-15)22-25(36-21(20)24(30)33)29(26(34)37-22)14-18(31)28-10-12-35-13-11-28/h1-9,19-21H,10-14H2/t19-,20-,21+/m0/s1. The Labute approximate surface area is 219 Å². The SMILES string of the molecule is O=C(Cn1c2c(sc1=O)[C@@H](c1ccccc1)[C@@H]1C(=O)N(c3ccc(F)cc3)C(=O)[C@@H]1S2)N1CCOCC1. The lowest BCUT2D eigenvalue weighted by Gasteiger charge is -2.31. The summed E-state index contributed by atoms with van der Waals surface area (Å²) in [6.07, 6.45) is 0. The molecule has 2 fully saturated rings. The second kappa shape index (κ2) is 9.55. The van der Waals surface area contributed by atoms with Gasteiger partial charge in [0.15, 0.2) is 0 Å². The molecule has 0 radical (unpaired) electrons. The molecule has 2 aromatic carbocycles. The molecule has 0 aliphatic carbocycles. The molecule has 0 unspecified atom stereocenters. The average molecular weight is 540 g/mol. The highest BCUT2D eigenvalue weighted by Crippen LogP contribution is 2.53. The smallest absolute Gasteiger partial charge is 0.308 e. The van der Waals surface area contributed by atoms with E-state index < -0.39 is 28.8 Å². The summed E-state index contributed by atoms with van der Waals surface area (Å²) in [5.74, 6) is -2.71. The van der Waals surface area contributed by atoms with Crippen molar-refractivity contribution in [2.75, 3.05) is 31.2 Å². The first-order chi connectivity index (χ1) is 17.9. The van der Waals surface area contributed by atoms with Crippen molar-refractivity contribution in [1.82, 2.24) is 9.47 Å². The highest BCUT2D eigenvalue weighted by molar-refractivity contribution is 8.00. The number of fused-ring (bicyclic) bond motifs is 2. The second-order valence-corrected chi connectivity index (χ2v) is 11.2. The Balaban J connectivity index is 1.42. The third-order valence-electron chi connectivity index (χ3n) is 6.95. The lowest BCUT2D eigenvalue weighted by atomic mass is 9.83. The van der Waals surface area contributed by atoms with Crippen LogP contribution >= 0.6 is 23.1 Å². The largest absolute Gasteiger partial charge is 0.378 e. The highest BCUT2D eigenvalue weighted by atomic mass is 32.2. The van der Waals surface area contributed by atoms with Crippen molar-refractivity contribution >= 4 is 46.5 Å². The van der Waals surface area contributed by atoms with Crippen molar-refractivity contribution in [3.63, 3.8) is 0 Å². The number of morpholine rings is 1. The van der Waals surface area contributed by atoms with Gasteiger partial charge in [0, 0.05) is 23.9 Å². The van der Waals surface area contributed by atoms with Gasteiger partial charge in [-0.3, -0.25) is 23.7 Å². The Morgan fingerprint density at radius 2 is 1.68 bits per heavy atom. The maximum Gasteiger partial charge on any atom is 0.308 e. The molecule has 4 heterocycles. The van der Waals surface area contributed by atoms with Gasteiger partial charge in [0.1, 0.15) is 17.6 Å². The number of thiazole rings is 1. The van der Waals surface area contributed by atoms with Crippen LogP contribution in [0.3, 0.4) is 0 Å². The number of benzene rings is 2. The normalized spacial score (nSPS) is 23.2. The van der Waals surface area contributed by atoms with Crippen molar-refractivity contribution in [2.45, 2.75) is 22.7 Å². The molecule has 1 aromatic heterocycles. The van der Waals surface area contributed by atoms with Gasteiger partial charge in [-0.2, -0.15) is 0 Å². The summed E-state index contributed by atoms with van der Waals surface area (Å²) in [6, 6.07) is 14.6. The van der Waals surface area contributed by atoms with E-state index in [1.807, 2.05) is 30.3 Å². The Morgan fingerprint density at radius 1 is 0.973 bits per heavy atom. The number of nitrogens with zero attached hydrogens (tertiary/aromatic N) is 3. The number of thioether (sulfide) groups is 1. The van der Waals surface area contributed by atoms with Gasteiger partial charge in [0.05, 0.1) is 29.8 Å². The van der Waals surface area contributed by atoms with Gasteiger partial charge < -0.3 is 9.64 Å². The molecule has 8 nitrogen and oxygen atoms in total. The lowest BCUT2D eigenvalue weighted by molar-refractivity contribution is -0.136. The van der Waals surface area contributed by atoms with Crippen molar-refractivity contribution < 1.29 is 23.5 Å². The van der Waals surface area contributed by atoms with Crippen LogP contribution in [-0.2, 0) is 25.7 Å². The molecule has 11 heteroatoms. The Hall–Kier alpha value is -3.28. The zero-order chi connectivity index (χ0) is 25.7. The molecule has 3 aliphatic rings. The van der Waals surface area contributed by atoms with Crippen LogP contribution in [-0.4, -0.2) is 58.7 Å². The van der Waals surface area contributed by atoms with Crippen LogP contribution in [0.4, 0.5) is 10.1 Å². The predicted molar refractivity (Wildman–Crippen MR) is 136 cm³/mol. The number of imide groups is 1. The molecule has 0 saturated carbocycles. The molecule has 3 aromatic rings. The van der Waals surface area contributed by atoms with Crippen LogP contribution in [0.5, 0.6) is 0 Å². The first-order valence-corrected chi connectivity index (χ1v) is 13.6. The number of carbonyl (C=O) groups excluding carboxylic acids is 3. The molecule has 0 bridgehead atoms. The minimum atomic E-state index is -0.783. The van der Waals surface area contributed by atoms with E-state index in [0.29, 0.717) is 41.9 Å². The van der Waals surface area contributed by atoms with Gasteiger partial charge in [0.2, 0.25) is 17.7 Å². The van der Waals surface area contributed by atoms with E-state index >= 15 is 0 Å². The maximum atomic E-state index is 13.8. The van der Waals surface area contributed by atoms with Crippen molar-refractivity contribution in [3.8, 4) is 0 Å². The van der Waals surface area contributed by atoms with Crippen molar-refractivity contribution in [3.05, 3.63) is 80.5 Å². The van der Waals surface area contributed by atoms with E-state index in [1.165, 1.54) is 40.6 Å². The van der Waals surface area contributed by atoms with Gasteiger partial charge >= 0.3 is 4.87 Å². The summed E-state index contributed by atoms with van der Waals surface area (Å²) in [4.78, 5) is 56.7. The topological polar surface area (TPSA) is 88.9 Å². The zero-order valence-corrected chi connectivity index (χ0v) is 21.2. The minimum Gasteiger partial charge on any atom is -0.378 e. The van der Waals surface area contributed by atoms with Crippen molar-refractivity contribution in [2.24, 2.45) is 5.92 Å². The molecular formula is C26H22FN3O5S2. The summed E-state index contributed by atoms with van der Waals surface area (Å²) in [5.41, 5.74) is 1.12. The fourth-order valence-electron chi connectivity index (χ4n) is 5.17. The summed E-state index contributed by atoms with van der Waals surface area (Å²) in [7, 11) is 0. The summed E-state index contributed by atoms with van der Waals surface area (Å²) < 4.78 is 20.3. The van der Waals surface area contributed by atoms with Crippen LogP contribution in [0.15, 0.2) is 64.4 Å². The first kappa shape index (κ1) is 24.1. The molecule has 37 heavy (non-hydrogen) atoms. The number of hydrogen-bond acceptors (Lipinski definition) is 7. The predicted octanol–water partition coefficient (Wildman–Crippen LogP) is 2.70. The fraction of sp³-hybridized carbons (Fsp3) is 0.308. The van der Waals surface area contributed by atoms with Crippen molar-refractivity contribution in [1.29, 1.82) is 0 Å². The molecule has 3 aliphatic heterocycles. The maximum absolute atomic E-state index is 13.8. The van der Waals surface area contributed by atoms with Crippen LogP contribution in [0.2, 0.25) is 0 Å². The minimum absolute atomic E-state index is 0.139. The second-order valence-electron chi connectivity index (χ2n) is 9.06. The molecule has 190 valence electrons. The number of ether oxygens (including phenoxy) is 1. The molecule has 3 atom stereocenters. The molecule has 3 amide bonds. The molecule has 2 saturated heterocycles. The van der Waals surface area contributed by atoms with Gasteiger partial charge in [-0.05, 0) is 29.8 Å². The van der Waals surface area contributed by atoms with Crippen LogP contribution in [0.1, 0.15) is 16.4 Å². The van der Waals surface area contributed by atoms with Crippen LogP contribution in [0, 0.1) is 11.7 Å². The monoisotopic (exact) mass is 539 g/mol. The number of anilines is 1. The zero-order valence-electron chi connectivity index (χ0n) is 19.5. The first-order valence-electron chi connectivity index (χ1n) is 11.9. The number of hydrogen-bond donors (Lipinski definition) is 0. The van der Waals surface area contributed by atoms with E-state index in [4.69, 9.17) is 4.74 Å². The number of rotatable bonds is 4. The molecule has 0 N–H and O–H groups in total. The molecule has 6 rings (SSSR count). The van der Waals surface area contributed by atoms with Gasteiger partial charge in [-0.1, -0.05) is 53.4 Å². The Bertz CT molecular complexity index is 1430. The fourth-order valence-corrected chi connectivity index (χ4v) is 7.94. The van der Waals surface area contributed by atoms with E-state index in [0.717, 1.165) is 21.8 Å². The summed E-state index contributed by atoms with van der Waals surface area (Å²) in [6.45, 7) is 1.69. The van der Waals surface area contributed by atoms with E-state index in [1.54, 1.807) is 4.90 Å². The van der Waals surface area contributed by atoms with E-state index in [9.17, 15) is 23.6 Å². The van der Waals surface area contributed by atoms with Gasteiger partial charge in [-0.15, -0.1) is 0 Å². The van der Waals surface area contributed by atoms with Crippen LogP contribution < -0.4 is 9.77 Å². The molecular weight excluding hydrogens is 517 g/mol. The third kappa shape index (κ3) is 4.11. The molecule has 0 spiro atoms. The number of amides is 3. The van der Waals surface area contributed by atoms with Gasteiger partial charge in [-0.25, -0.2) is 9.29 Å². The summed E-state index contributed by atoms with van der Waals surface area (Å²) in [5, 5.41) is -0.234. The average Bonchev–Trinajstić information content (AvgIpc) is 3.36. The number of halogens is 1. The Kier molecular flexibility index (Phi) is 6.21.